The molecule has 1 heterocycles. The number of piperidine rings is 1. The third-order valence-electron chi connectivity index (χ3n) is 5.20. The molecular formula is C22H28N4O2. The molecule has 0 unspecified atom stereocenters. The number of carbonyl (C=O) groups excluding carboxylic acids is 2. The number of rotatable bonds is 7. The Labute approximate surface area is 166 Å². The summed E-state index contributed by atoms with van der Waals surface area (Å²) in [6.45, 7) is 4.24. The summed E-state index contributed by atoms with van der Waals surface area (Å²) in [5, 5.41) is 5.83. The number of urea groups is 1. The van der Waals surface area contributed by atoms with Crippen LogP contribution in [0, 0.1) is 5.92 Å². The molecule has 148 valence electrons. The highest BCUT2D eigenvalue weighted by molar-refractivity contribution is 5.92. The minimum absolute atomic E-state index is 0.161. The molecule has 0 bridgehead atoms. The molecule has 1 aliphatic heterocycles. The first-order valence-corrected chi connectivity index (χ1v) is 9.77. The number of hydrogen-bond donors (Lipinski definition) is 3. The van der Waals surface area contributed by atoms with Crippen LogP contribution >= 0.6 is 0 Å². The van der Waals surface area contributed by atoms with Crippen molar-refractivity contribution in [3.8, 4) is 0 Å². The molecule has 6 heteroatoms. The van der Waals surface area contributed by atoms with Crippen LogP contribution < -0.4 is 16.4 Å². The van der Waals surface area contributed by atoms with E-state index in [0.29, 0.717) is 24.6 Å². The molecule has 6 nitrogen and oxygen atoms in total. The first-order valence-electron chi connectivity index (χ1n) is 9.77. The molecule has 3 amide bonds. The summed E-state index contributed by atoms with van der Waals surface area (Å²) < 4.78 is 0. The van der Waals surface area contributed by atoms with E-state index in [9.17, 15) is 9.59 Å². The lowest BCUT2D eigenvalue weighted by Gasteiger charge is -2.32. The molecule has 2 aromatic carbocycles. The molecule has 1 fully saturated rings. The van der Waals surface area contributed by atoms with Crippen LogP contribution in [0.3, 0.4) is 0 Å². The van der Waals surface area contributed by atoms with E-state index in [1.165, 1.54) is 5.56 Å². The van der Waals surface area contributed by atoms with Crippen LogP contribution in [-0.4, -0.2) is 36.5 Å². The summed E-state index contributed by atoms with van der Waals surface area (Å²) in [5.74, 6) is 0.0692. The summed E-state index contributed by atoms with van der Waals surface area (Å²) in [6.07, 6.45) is 2.20. The number of hydrogen-bond acceptors (Lipinski definition) is 3. The Morgan fingerprint density at radius 2 is 1.61 bits per heavy atom. The van der Waals surface area contributed by atoms with Gasteiger partial charge in [-0.2, -0.15) is 0 Å². The third-order valence-corrected chi connectivity index (χ3v) is 5.20. The van der Waals surface area contributed by atoms with E-state index in [1.807, 2.05) is 6.07 Å². The Balaban J connectivity index is 1.32. The number of carbonyl (C=O) groups is 2. The van der Waals surface area contributed by atoms with Crippen molar-refractivity contribution < 1.29 is 9.59 Å². The largest absolute Gasteiger partial charge is 0.366 e. The van der Waals surface area contributed by atoms with Crippen LogP contribution in [0.1, 0.15) is 34.3 Å². The van der Waals surface area contributed by atoms with E-state index >= 15 is 0 Å². The highest BCUT2D eigenvalue weighted by Gasteiger charge is 2.19. The zero-order valence-corrected chi connectivity index (χ0v) is 16.1. The van der Waals surface area contributed by atoms with Crippen LogP contribution in [0.2, 0.25) is 0 Å². The van der Waals surface area contributed by atoms with Gasteiger partial charge >= 0.3 is 6.03 Å². The Bertz CT molecular complexity index is 769. The standard InChI is InChI=1S/C22H28N4O2/c23-21(27)20-8-6-17(7-9-20)14-24-22(28)25-15-18-10-12-26(13-11-18)16-19-4-2-1-3-5-19/h1-9,18H,10-16H2,(H2,23,27)(H2,24,25,28). The number of benzene rings is 2. The van der Waals surface area contributed by atoms with Crippen LogP contribution in [0.25, 0.3) is 0 Å². The van der Waals surface area contributed by atoms with Gasteiger partial charge in [0.05, 0.1) is 0 Å². The van der Waals surface area contributed by atoms with Gasteiger partial charge in [-0.3, -0.25) is 9.69 Å². The highest BCUT2D eigenvalue weighted by atomic mass is 16.2. The van der Waals surface area contributed by atoms with Gasteiger partial charge in [0.25, 0.3) is 0 Å². The van der Waals surface area contributed by atoms with Crippen molar-refractivity contribution in [2.45, 2.75) is 25.9 Å². The smallest absolute Gasteiger partial charge is 0.315 e. The van der Waals surface area contributed by atoms with Gasteiger partial charge in [0, 0.05) is 25.2 Å². The minimum Gasteiger partial charge on any atom is -0.366 e. The van der Waals surface area contributed by atoms with E-state index in [4.69, 9.17) is 5.73 Å². The van der Waals surface area contributed by atoms with Crippen LogP contribution in [0.4, 0.5) is 4.79 Å². The predicted molar refractivity (Wildman–Crippen MR) is 110 cm³/mol. The fourth-order valence-corrected chi connectivity index (χ4v) is 3.46. The molecule has 28 heavy (non-hydrogen) atoms. The topological polar surface area (TPSA) is 87.5 Å². The number of amides is 3. The highest BCUT2D eigenvalue weighted by Crippen LogP contribution is 2.18. The summed E-state index contributed by atoms with van der Waals surface area (Å²) in [4.78, 5) is 25.6. The first kappa shape index (κ1) is 19.9. The third kappa shape index (κ3) is 6.09. The molecule has 2 aromatic rings. The van der Waals surface area contributed by atoms with E-state index in [0.717, 1.165) is 38.0 Å². The van der Waals surface area contributed by atoms with Gasteiger partial charge in [0.15, 0.2) is 0 Å². The molecule has 1 saturated heterocycles. The van der Waals surface area contributed by atoms with Gasteiger partial charge < -0.3 is 16.4 Å². The molecule has 1 aliphatic rings. The summed E-state index contributed by atoms with van der Waals surface area (Å²) in [5.41, 5.74) is 7.96. The molecule has 4 N–H and O–H groups in total. The maximum absolute atomic E-state index is 12.0. The quantitative estimate of drug-likeness (QED) is 0.690. The van der Waals surface area contributed by atoms with Crippen molar-refractivity contribution in [1.82, 2.24) is 15.5 Å². The second-order valence-electron chi connectivity index (χ2n) is 7.33. The van der Waals surface area contributed by atoms with Gasteiger partial charge in [-0.1, -0.05) is 42.5 Å². The van der Waals surface area contributed by atoms with E-state index < -0.39 is 5.91 Å². The van der Waals surface area contributed by atoms with Crippen molar-refractivity contribution in [3.05, 3.63) is 71.3 Å². The van der Waals surface area contributed by atoms with Crippen LogP contribution in [-0.2, 0) is 13.1 Å². The average Bonchev–Trinajstić information content (AvgIpc) is 2.73. The van der Waals surface area contributed by atoms with Gasteiger partial charge in [0.1, 0.15) is 0 Å². The van der Waals surface area contributed by atoms with Crippen LogP contribution in [0.5, 0.6) is 0 Å². The maximum atomic E-state index is 12.0. The fourth-order valence-electron chi connectivity index (χ4n) is 3.46. The van der Waals surface area contributed by atoms with Gasteiger partial charge in [0.2, 0.25) is 5.91 Å². The summed E-state index contributed by atoms with van der Waals surface area (Å²) in [7, 11) is 0. The van der Waals surface area contributed by atoms with Crippen molar-refractivity contribution in [2.24, 2.45) is 11.7 Å². The Hall–Kier alpha value is -2.86. The number of primary amides is 1. The van der Waals surface area contributed by atoms with Crippen LogP contribution in [0.15, 0.2) is 54.6 Å². The summed E-state index contributed by atoms with van der Waals surface area (Å²) in [6, 6.07) is 17.3. The molecule has 0 radical (unpaired) electrons. The lowest BCUT2D eigenvalue weighted by molar-refractivity contribution is 0.1000. The molecule has 0 aliphatic carbocycles. The first-order chi connectivity index (χ1) is 13.6. The van der Waals surface area contributed by atoms with Gasteiger partial charge in [-0.15, -0.1) is 0 Å². The predicted octanol–water partition coefficient (Wildman–Crippen LogP) is 2.50. The molecule has 0 spiro atoms. The monoisotopic (exact) mass is 380 g/mol. The van der Waals surface area contributed by atoms with Crippen molar-refractivity contribution in [3.63, 3.8) is 0 Å². The molecular weight excluding hydrogens is 352 g/mol. The Morgan fingerprint density at radius 3 is 2.25 bits per heavy atom. The van der Waals surface area contributed by atoms with Crippen molar-refractivity contribution in [1.29, 1.82) is 0 Å². The Kier molecular flexibility index (Phi) is 7.03. The SMILES string of the molecule is NC(=O)c1ccc(CNC(=O)NCC2CCN(Cc3ccccc3)CC2)cc1. The molecule has 0 saturated carbocycles. The number of likely N-dealkylation sites (tertiary alicyclic amines) is 1. The van der Waals surface area contributed by atoms with E-state index in [2.05, 4.69) is 39.8 Å². The van der Waals surface area contributed by atoms with Gasteiger partial charge in [-0.25, -0.2) is 4.79 Å². The zero-order chi connectivity index (χ0) is 19.8. The Morgan fingerprint density at radius 1 is 0.929 bits per heavy atom. The van der Waals surface area contributed by atoms with Crippen molar-refractivity contribution >= 4 is 11.9 Å². The van der Waals surface area contributed by atoms with Gasteiger partial charge in [-0.05, 0) is 55.1 Å². The number of nitrogens with two attached hydrogens (primary N) is 1. The average molecular weight is 380 g/mol. The molecule has 0 atom stereocenters. The zero-order valence-electron chi connectivity index (χ0n) is 16.1. The van der Waals surface area contributed by atoms with E-state index in [-0.39, 0.29) is 6.03 Å². The minimum atomic E-state index is -0.452. The maximum Gasteiger partial charge on any atom is 0.315 e. The number of nitrogens with zero attached hydrogens (tertiary/aromatic N) is 1. The lowest BCUT2D eigenvalue weighted by atomic mass is 9.96. The lowest BCUT2D eigenvalue weighted by Crippen LogP contribution is -2.41. The normalized spacial score (nSPS) is 15.1. The second kappa shape index (κ2) is 9.90. The van der Waals surface area contributed by atoms with E-state index in [1.54, 1.807) is 24.3 Å². The molecule has 3 rings (SSSR count). The summed E-state index contributed by atoms with van der Waals surface area (Å²) >= 11 is 0. The fraction of sp³-hybridized carbons (Fsp3) is 0.364. The van der Waals surface area contributed by atoms with Crippen molar-refractivity contribution in [2.75, 3.05) is 19.6 Å². The molecule has 0 aromatic heterocycles. The number of nitrogens with one attached hydrogen (secondary N) is 2. The second-order valence-corrected chi connectivity index (χ2v) is 7.33.